The maximum Gasteiger partial charge on any atom is 0.261 e. The number of aryl methyl sites for hydroxylation is 2. The number of aliphatic hydroxyl groups is 1. The Labute approximate surface area is 129 Å². The van der Waals surface area contributed by atoms with Crippen molar-refractivity contribution in [3.05, 3.63) is 40.4 Å². The summed E-state index contributed by atoms with van der Waals surface area (Å²) in [5, 5.41) is 9.50. The highest BCUT2D eigenvalue weighted by molar-refractivity contribution is 5.80. The van der Waals surface area contributed by atoms with Gasteiger partial charge < -0.3 is 10.0 Å². The molecular weight excluding hydrogens is 282 g/mol. The first kappa shape index (κ1) is 16.2. The van der Waals surface area contributed by atoms with Gasteiger partial charge in [0.2, 0.25) is 5.91 Å². The molecule has 6 nitrogen and oxygen atoms in total. The molecule has 2 rings (SSSR count). The molecule has 0 saturated carbocycles. The third-order valence-corrected chi connectivity index (χ3v) is 3.73. The van der Waals surface area contributed by atoms with Gasteiger partial charge >= 0.3 is 0 Å². The summed E-state index contributed by atoms with van der Waals surface area (Å²) >= 11 is 0. The molecule has 0 aliphatic carbocycles. The fourth-order valence-corrected chi connectivity index (χ4v) is 2.45. The average Bonchev–Trinajstić information content (AvgIpc) is 2.52. The van der Waals surface area contributed by atoms with Gasteiger partial charge in [-0.25, -0.2) is 4.98 Å². The predicted octanol–water partition coefficient (Wildman–Crippen LogP) is 0.936. The minimum absolute atomic E-state index is 0.0592. The number of benzene rings is 1. The Morgan fingerprint density at radius 3 is 2.86 bits per heavy atom. The molecule has 1 amide bonds. The molecule has 6 heteroatoms. The van der Waals surface area contributed by atoms with E-state index in [1.165, 1.54) is 10.9 Å². The summed E-state index contributed by atoms with van der Waals surface area (Å²) < 4.78 is 1.46. The highest BCUT2D eigenvalue weighted by atomic mass is 16.3. The van der Waals surface area contributed by atoms with Gasteiger partial charge in [0.25, 0.3) is 5.56 Å². The van der Waals surface area contributed by atoms with E-state index in [2.05, 4.69) is 4.98 Å². The van der Waals surface area contributed by atoms with Crippen LogP contribution in [0.25, 0.3) is 10.9 Å². The minimum Gasteiger partial charge on any atom is -0.395 e. The molecule has 2 aromatic rings. The van der Waals surface area contributed by atoms with Gasteiger partial charge in [0.15, 0.2) is 0 Å². The molecular formula is C16H21N3O3. The average molecular weight is 303 g/mol. The Kier molecular flexibility index (Phi) is 5.27. The minimum atomic E-state index is -0.133. The quantitative estimate of drug-likeness (QED) is 0.861. The van der Waals surface area contributed by atoms with Gasteiger partial charge in [0.1, 0.15) is 0 Å². The molecule has 1 heterocycles. The number of carbonyl (C=O) groups excluding carboxylic acids is 1. The van der Waals surface area contributed by atoms with Crippen molar-refractivity contribution in [3.8, 4) is 0 Å². The van der Waals surface area contributed by atoms with Crippen molar-refractivity contribution in [3.63, 3.8) is 0 Å². The van der Waals surface area contributed by atoms with Crippen molar-refractivity contribution in [1.29, 1.82) is 0 Å². The van der Waals surface area contributed by atoms with Gasteiger partial charge in [-0.15, -0.1) is 0 Å². The maximum atomic E-state index is 12.4. The Bertz CT molecular complexity index is 724. The number of para-hydroxylation sites is 1. The molecule has 118 valence electrons. The second-order valence-corrected chi connectivity index (χ2v) is 5.16. The second kappa shape index (κ2) is 7.17. The number of aliphatic hydroxyl groups excluding tert-OH is 1. The molecule has 0 saturated heterocycles. The smallest absolute Gasteiger partial charge is 0.261 e. The van der Waals surface area contributed by atoms with Crippen LogP contribution in [0.4, 0.5) is 0 Å². The summed E-state index contributed by atoms with van der Waals surface area (Å²) in [6, 6.07) is 5.49. The lowest BCUT2D eigenvalue weighted by atomic mass is 10.1. The molecule has 0 radical (unpaired) electrons. The monoisotopic (exact) mass is 303 g/mol. The molecule has 0 fully saturated rings. The summed E-state index contributed by atoms with van der Waals surface area (Å²) in [4.78, 5) is 30.4. The van der Waals surface area contributed by atoms with Crippen molar-refractivity contribution >= 4 is 16.8 Å². The number of fused-ring (bicyclic) bond motifs is 1. The van der Waals surface area contributed by atoms with Crippen LogP contribution in [0.5, 0.6) is 0 Å². The summed E-state index contributed by atoms with van der Waals surface area (Å²) in [6.07, 6.45) is 1.71. The largest absolute Gasteiger partial charge is 0.395 e. The van der Waals surface area contributed by atoms with Crippen molar-refractivity contribution in [2.24, 2.45) is 0 Å². The number of hydrogen-bond acceptors (Lipinski definition) is 4. The van der Waals surface area contributed by atoms with E-state index in [4.69, 9.17) is 5.11 Å². The van der Waals surface area contributed by atoms with Gasteiger partial charge in [0.05, 0.1) is 23.8 Å². The molecule has 0 bridgehead atoms. The predicted molar refractivity (Wildman–Crippen MR) is 84.7 cm³/mol. The van der Waals surface area contributed by atoms with Crippen LogP contribution < -0.4 is 5.56 Å². The Morgan fingerprint density at radius 2 is 2.18 bits per heavy atom. The van der Waals surface area contributed by atoms with E-state index in [0.717, 1.165) is 5.56 Å². The summed E-state index contributed by atoms with van der Waals surface area (Å²) in [5.41, 5.74) is 1.52. The van der Waals surface area contributed by atoms with Crippen LogP contribution >= 0.6 is 0 Å². The number of aromatic nitrogens is 2. The van der Waals surface area contributed by atoms with Crippen molar-refractivity contribution < 1.29 is 9.90 Å². The first-order valence-electron chi connectivity index (χ1n) is 7.42. The standard InChI is InChI=1S/C16H21N3O3/c1-3-18(9-10-20)14(21)7-8-19-11-17-15-12(2)5-4-6-13(15)16(19)22/h4-6,11,20H,3,7-10H2,1-2H3. The molecule has 1 aromatic carbocycles. The number of nitrogens with zero attached hydrogens (tertiary/aromatic N) is 3. The lowest BCUT2D eigenvalue weighted by molar-refractivity contribution is -0.131. The molecule has 0 spiro atoms. The van der Waals surface area contributed by atoms with Crippen molar-refractivity contribution in [1.82, 2.24) is 14.5 Å². The normalized spacial score (nSPS) is 10.9. The molecule has 1 aromatic heterocycles. The Hall–Kier alpha value is -2.21. The third-order valence-electron chi connectivity index (χ3n) is 3.73. The fraction of sp³-hybridized carbons (Fsp3) is 0.438. The number of hydrogen-bond donors (Lipinski definition) is 1. The SMILES string of the molecule is CCN(CCO)C(=O)CCn1cnc2c(C)cccc2c1=O. The van der Waals surface area contributed by atoms with Gasteiger partial charge in [-0.1, -0.05) is 12.1 Å². The fourth-order valence-electron chi connectivity index (χ4n) is 2.45. The zero-order chi connectivity index (χ0) is 16.1. The lowest BCUT2D eigenvalue weighted by Crippen LogP contribution is -2.34. The van der Waals surface area contributed by atoms with Crippen LogP contribution in [0.3, 0.4) is 0 Å². The molecule has 1 N–H and O–H groups in total. The highest BCUT2D eigenvalue weighted by Gasteiger charge is 2.12. The van der Waals surface area contributed by atoms with E-state index in [0.29, 0.717) is 24.0 Å². The molecule has 0 aliphatic heterocycles. The zero-order valence-electron chi connectivity index (χ0n) is 13.0. The van der Waals surface area contributed by atoms with Crippen LogP contribution in [-0.4, -0.2) is 45.2 Å². The topological polar surface area (TPSA) is 75.4 Å². The van der Waals surface area contributed by atoms with Crippen LogP contribution in [0, 0.1) is 6.92 Å². The van der Waals surface area contributed by atoms with Crippen LogP contribution in [0.15, 0.2) is 29.3 Å². The van der Waals surface area contributed by atoms with E-state index in [9.17, 15) is 9.59 Å². The van der Waals surface area contributed by atoms with Gasteiger partial charge in [-0.2, -0.15) is 0 Å². The summed E-state index contributed by atoms with van der Waals surface area (Å²) in [7, 11) is 0. The number of amides is 1. The highest BCUT2D eigenvalue weighted by Crippen LogP contribution is 2.11. The molecule has 22 heavy (non-hydrogen) atoms. The van der Waals surface area contributed by atoms with Crippen LogP contribution in [0.2, 0.25) is 0 Å². The maximum absolute atomic E-state index is 12.4. The van der Waals surface area contributed by atoms with E-state index in [1.54, 1.807) is 11.0 Å². The molecule has 0 unspecified atom stereocenters. The van der Waals surface area contributed by atoms with E-state index < -0.39 is 0 Å². The number of likely N-dealkylation sites (N-methyl/N-ethyl adjacent to an activating group) is 1. The van der Waals surface area contributed by atoms with E-state index in [1.807, 2.05) is 26.0 Å². The van der Waals surface area contributed by atoms with E-state index in [-0.39, 0.29) is 31.0 Å². The Morgan fingerprint density at radius 1 is 1.41 bits per heavy atom. The van der Waals surface area contributed by atoms with Crippen molar-refractivity contribution in [2.75, 3.05) is 19.7 Å². The van der Waals surface area contributed by atoms with Gasteiger partial charge in [-0.05, 0) is 25.5 Å². The van der Waals surface area contributed by atoms with Crippen molar-refractivity contribution in [2.45, 2.75) is 26.8 Å². The van der Waals surface area contributed by atoms with Gasteiger partial charge in [-0.3, -0.25) is 14.2 Å². The summed E-state index contributed by atoms with van der Waals surface area (Å²) in [6.45, 7) is 4.87. The molecule has 0 aliphatic rings. The third kappa shape index (κ3) is 3.33. The van der Waals surface area contributed by atoms with Crippen LogP contribution in [0.1, 0.15) is 18.9 Å². The Balaban J connectivity index is 2.17. The number of rotatable bonds is 6. The second-order valence-electron chi connectivity index (χ2n) is 5.16. The lowest BCUT2D eigenvalue weighted by Gasteiger charge is -2.19. The van der Waals surface area contributed by atoms with E-state index >= 15 is 0 Å². The molecule has 0 atom stereocenters. The first-order chi connectivity index (χ1) is 10.6. The first-order valence-corrected chi connectivity index (χ1v) is 7.42. The number of carbonyl (C=O) groups is 1. The zero-order valence-corrected chi connectivity index (χ0v) is 13.0. The van der Waals surface area contributed by atoms with Crippen LogP contribution in [-0.2, 0) is 11.3 Å². The van der Waals surface area contributed by atoms with Gasteiger partial charge in [0, 0.05) is 26.1 Å². The summed E-state index contributed by atoms with van der Waals surface area (Å²) in [5.74, 6) is -0.0761.